The quantitative estimate of drug-likeness (QED) is 0.861. The number of hydrogen-bond acceptors (Lipinski definition) is 4. The Kier molecular flexibility index (Phi) is 5.40. The van der Waals surface area contributed by atoms with E-state index in [1.54, 1.807) is 23.1 Å². The van der Waals surface area contributed by atoms with Crippen LogP contribution in [-0.4, -0.2) is 44.1 Å². The maximum atomic E-state index is 12.2. The zero-order chi connectivity index (χ0) is 15.5. The minimum atomic E-state index is -3.47. The molecule has 0 bridgehead atoms. The molecule has 1 unspecified atom stereocenters. The molecular formula is C14H19BrN2O3S. The van der Waals surface area contributed by atoms with Crippen LogP contribution < -0.4 is 5.73 Å². The Bertz CT molecular complexity index is 618. The molecule has 0 spiro atoms. The number of hydrogen-bond donors (Lipinski definition) is 1. The summed E-state index contributed by atoms with van der Waals surface area (Å²) < 4.78 is 25.1. The van der Waals surface area contributed by atoms with Crippen molar-refractivity contribution in [2.24, 2.45) is 5.73 Å². The Morgan fingerprint density at radius 3 is 2.86 bits per heavy atom. The lowest BCUT2D eigenvalue weighted by Gasteiger charge is -2.30. The fraction of sp³-hybridized carbons (Fsp3) is 0.500. The Hall–Kier alpha value is -0.920. The summed E-state index contributed by atoms with van der Waals surface area (Å²) in [7, 11) is -3.47. The van der Waals surface area contributed by atoms with Gasteiger partial charge in [-0.2, -0.15) is 0 Å². The maximum absolute atomic E-state index is 12.2. The van der Waals surface area contributed by atoms with E-state index in [-0.39, 0.29) is 17.7 Å². The summed E-state index contributed by atoms with van der Waals surface area (Å²) in [6.45, 7) is 1.05. The second kappa shape index (κ2) is 6.89. The largest absolute Gasteiger partial charge is 0.340 e. The van der Waals surface area contributed by atoms with Gasteiger partial charge in [0.05, 0.1) is 5.75 Å². The zero-order valence-corrected chi connectivity index (χ0v) is 14.1. The maximum Gasteiger partial charge on any atom is 0.237 e. The van der Waals surface area contributed by atoms with Gasteiger partial charge in [0.15, 0.2) is 9.84 Å². The molecule has 1 aliphatic heterocycles. The van der Waals surface area contributed by atoms with Gasteiger partial charge >= 0.3 is 0 Å². The molecule has 0 radical (unpaired) electrons. The van der Waals surface area contributed by atoms with E-state index < -0.39 is 15.6 Å². The average molecular weight is 375 g/mol. The number of sulfone groups is 1. The molecule has 1 fully saturated rings. The number of halogens is 1. The first-order chi connectivity index (χ1) is 9.85. The minimum Gasteiger partial charge on any atom is -0.340 e. The van der Waals surface area contributed by atoms with Crippen molar-refractivity contribution >= 4 is 31.7 Å². The Morgan fingerprint density at radius 2 is 2.19 bits per heavy atom. The number of carbonyl (C=O) groups excluding carboxylic acids is 1. The van der Waals surface area contributed by atoms with Crippen molar-refractivity contribution in [1.29, 1.82) is 0 Å². The van der Waals surface area contributed by atoms with Gasteiger partial charge in [-0.25, -0.2) is 8.42 Å². The van der Waals surface area contributed by atoms with Crippen LogP contribution in [0.5, 0.6) is 0 Å². The van der Waals surface area contributed by atoms with Gasteiger partial charge in [-0.05, 0) is 30.5 Å². The SMILES string of the molecule is NC1CCCN(C(=O)CS(=O)(=O)Cc2cccc(Br)c2)C1. The molecule has 116 valence electrons. The van der Waals surface area contributed by atoms with E-state index in [1.165, 1.54) is 0 Å². The van der Waals surface area contributed by atoms with Gasteiger partial charge < -0.3 is 10.6 Å². The second-order valence-corrected chi connectivity index (χ2v) is 8.38. The first-order valence-corrected chi connectivity index (χ1v) is 9.45. The molecule has 0 aliphatic carbocycles. The standard InChI is InChI=1S/C14H19BrN2O3S/c15-12-4-1-3-11(7-12)9-21(19,20)10-14(18)17-6-2-5-13(16)8-17/h1,3-4,7,13H,2,5-6,8-10,16H2. The van der Waals surface area contributed by atoms with Crippen LogP contribution in [0.4, 0.5) is 0 Å². The smallest absolute Gasteiger partial charge is 0.237 e. The van der Waals surface area contributed by atoms with E-state index in [9.17, 15) is 13.2 Å². The summed E-state index contributed by atoms with van der Waals surface area (Å²) in [5.74, 6) is -0.926. The summed E-state index contributed by atoms with van der Waals surface area (Å²) in [5, 5.41) is 0. The van der Waals surface area contributed by atoms with Crippen molar-refractivity contribution in [3.63, 3.8) is 0 Å². The lowest BCUT2D eigenvalue weighted by atomic mass is 10.1. The second-order valence-electron chi connectivity index (χ2n) is 5.40. The number of likely N-dealkylation sites (tertiary alicyclic amines) is 1. The molecule has 0 saturated carbocycles. The van der Waals surface area contributed by atoms with E-state index in [0.29, 0.717) is 18.7 Å². The number of rotatable bonds is 4. The lowest BCUT2D eigenvalue weighted by Crippen LogP contribution is -2.47. The van der Waals surface area contributed by atoms with Crippen molar-refractivity contribution in [3.05, 3.63) is 34.3 Å². The third-order valence-corrected chi connectivity index (χ3v) is 5.38. The fourth-order valence-corrected chi connectivity index (χ4v) is 4.24. The predicted molar refractivity (Wildman–Crippen MR) is 85.4 cm³/mol. The first-order valence-electron chi connectivity index (χ1n) is 6.84. The molecule has 2 N–H and O–H groups in total. The third kappa shape index (κ3) is 5.09. The van der Waals surface area contributed by atoms with Crippen molar-refractivity contribution in [2.45, 2.75) is 24.6 Å². The highest BCUT2D eigenvalue weighted by Gasteiger charge is 2.25. The average Bonchev–Trinajstić information content (AvgIpc) is 2.37. The molecule has 21 heavy (non-hydrogen) atoms. The van der Waals surface area contributed by atoms with Crippen LogP contribution in [0.2, 0.25) is 0 Å². The van der Waals surface area contributed by atoms with Crippen LogP contribution in [0.25, 0.3) is 0 Å². The predicted octanol–water partition coefficient (Wildman–Crippen LogP) is 1.31. The lowest BCUT2D eigenvalue weighted by molar-refractivity contribution is -0.129. The molecule has 1 atom stereocenters. The highest BCUT2D eigenvalue weighted by molar-refractivity contribution is 9.10. The first kappa shape index (κ1) is 16.5. The number of nitrogens with two attached hydrogens (primary N) is 1. The molecule has 1 heterocycles. The molecule has 2 rings (SSSR count). The van der Waals surface area contributed by atoms with Gasteiger partial charge in [0.1, 0.15) is 5.75 Å². The highest BCUT2D eigenvalue weighted by atomic mass is 79.9. The van der Waals surface area contributed by atoms with Crippen LogP contribution in [0, 0.1) is 0 Å². The zero-order valence-electron chi connectivity index (χ0n) is 11.7. The summed E-state index contributed by atoms with van der Waals surface area (Å²) in [6.07, 6.45) is 1.72. The molecule has 1 saturated heterocycles. The molecule has 0 aromatic heterocycles. The van der Waals surface area contributed by atoms with E-state index in [1.807, 2.05) is 6.07 Å². The number of amides is 1. The Morgan fingerprint density at radius 1 is 1.43 bits per heavy atom. The van der Waals surface area contributed by atoms with Gasteiger partial charge in [-0.1, -0.05) is 28.1 Å². The van der Waals surface area contributed by atoms with Crippen molar-refractivity contribution in [2.75, 3.05) is 18.8 Å². The molecule has 7 heteroatoms. The topological polar surface area (TPSA) is 80.5 Å². The molecule has 5 nitrogen and oxygen atoms in total. The van der Waals surface area contributed by atoms with E-state index in [0.717, 1.165) is 17.3 Å². The molecule has 1 aromatic rings. The summed E-state index contributed by atoms with van der Waals surface area (Å²) in [4.78, 5) is 13.7. The normalized spacial score (nSPS) is 19.5. The fourth-order valence-electron chi connectivity index (χ4n) is 2.45. The van der Waals surface area contributed by atoms with E-state index in [4.69, 9.17) is 5.73 Å². The molecule has 1 amide bonds. The Labute approximate surface area is 133 Å². The summed E-state index contributed by atoms with van der Waals surface area (Å²) >= 11 is 3.31. The van der Waals surface area contributed by atoms with Crippen molar-refractivity contribution < 1.29 is 13.2 Å². The van der Waals surface area contributed by atoms with Crippen molar-refractivity contribution in [1.82, 2.24) is 4.90 Å². The number of piperidine rings is 1. The summed E-state index contributed by atoms with van der Waals surface area (Å²) in [6, 6.07) is 7.05. The van der Waals surface area contributed by atoms with Crippen LogP contribution in [0.15, 0.2) is 28.7 Å². The monoisotopic (exact) mass is 374 g/mol. The third-order valence-electron chi connectivity index (χ3n) is 3.43. The van der Waals surface area contributed by atoms with Gasteiger partial charge in [-0.3, -0.25) is 4.79 Å². The number of benzene rings is 1. The van der Waals surface area contributed by atoms with Gasteiger partial charge in [0, 0.05) is 23.6 Å². The highest BCUT2D eigenvalue weighted by Crippen LogP contribution is 2.15. The van der Waals surface area contributed by atoms with Crippen molar-refractivity contribution in [3.8, 4) is 0 Å². The number of nitrogens with zero attached hydrogens (tertiary/aromatic N) is 1. The number of carbonyl (C=O) groups is 1. The van der Waals surface area contributed by atoms with Crippen LogP contribution >= 0.6 is 15.9 Å². The summed E-state index contributed by atoms with van der Waals surface area (Å²) in [5.41, 5.74) is 6.49. The van der Waals surface area contributed by atoms with Gasteiger partial charge in [-0.15, -0.1) is 0 Å². The van der Waals surface area contributed by atoms with Crippen LogP contribution in [-0.2, 0) is 20.4 Å². The van der Waals surface area contributed by atoms with Crippen LogP contribution in [0.1, 0.15) is 18.4 Å². The molecular weight excluding hydrogens is 356 g/mol. The molecule has 1 aliphatic rings. The van der Waals surface area contributed by atoms with Gasteiger partial charge in [0.2, 0.25) is 5.91 Å². The van der Waals surface area contributed by atoms with E-state index in [2.05, 4.69) is 15.9 Å². The minimum absolute atomic E-state index is 0.0458. The van der Waals surface area contributed by atoms with Gasteiger partial charge in [0.25, 0.3) is 0 Å². The Balaban J connectivity index is 1.98. The van der Waals surface area contributed by atoms with Crippen LogP contribution in [0.3, 0.4) is 0 Å². The molecule has 1 aromatic carbocycles. The van der Waals surface area contributed by atoms with E-state index >= 15 is 0 Å².